The van der Waals surface area contributed by atoms with Gasteiger partial charge in [0.15, 0.2) is 0 Å². The number of carbonyl (C=O) groups is 1. The molecule has 4 rings (SSSR count). The van der Waals surface area contributed by atoms with E-state index in [4.69, 9.17) is 5.53 Å². The maximum atomic E-state index is 12.7. The molecule has 1 fully saturated rings. The van der Waals surface area contributed by atoms with Gasteiger partial charge >= 0.3 is 0 Å². The molecule has 0 saturated carbocycles. The number of thioether (sulfide) groups is 1. The van der Waals surface area contributed by atoms with Crippen molar-refractivity contribution in [2.45, 2.75) is 4.87 Å². The highest BCUT2D eigenvalue weighted by Gasteiger charge is 2.54. The van der Waals surface area contributed by atoms with Gasteiger partial charge in [-0.15, -0.1) is 11.8 Å². The van der Waals surface area contributed by atoms with Gasteiger partial charge in [0.2, 0.25) is 0 Å². The zero-order valence-corrected chi connectivity index (χ0v) is 12.5. The lowest BCUT2D eigenvalue weighted by Crippen LogP contribution is -2.37. The standard InChI is InChI=1S/C16H12N4OS/c17-19-18-12-5-3-4-11(10-12)16-14-7-2-1-6-13(14)15(21)20(16)8-9-22-16/h1-7,10H,8-9H2. The third-order valence-electron chi connectivity index (χ3n) is 4.17. The first-order valence-corrected chi connectivity index (χ1v) is 7.97. The highest BCUT2D eigenvalue weighted by atomic mass is 32.2. The fraction of sp³-hybridized carbons (Fsp3) is 0.188. The summed E-state index contributed by atoms with van der Waals surface area (Å²) < 4.78 is 0. The van der Waals surface area contributed by atoms with Gasteiger partial charge in [-0.1, -0.05) is 41.5 Å². The molecular formula is C16H12N4OS. The molecule has 0 aromatic heterocycles. The molecule has 1 saturated heterocycles. The van der Waals surface area contributed by atoms with Gasteiger partial charge in [0.1, 0.15) is 4.87 Å². The van der Waals surface area contributed by atoms with Crippen molar-refractivity contribution in [3.8, 4) is 0 Å². The van der Waals surface area contributed by atoms with E-state index in [1.165, 1.54) is 0 Å². The molecule has 0 radical (unpaired) electrons. The van der Waals surface area contributed by atoms with Crippen LogP contribution in [0.15, 0.2) is 53.6 Å². The number of hydrogen-bond acceptors (Lipinski definition) is 3. The summed E-state index contributed by atoms with van der Waals surface area (Å²) in [4.78, 5) is 17.0. The topological polar surface area (TPSA) is 69.1 Å². The van der Waals surface area contributed by atoms with E-state index in [-0.39, 0.29) is 5.91 Å². The number of carbonyl (C=O) groups excluding carboxylic acids is 1. The molecule has 2 aliphatic rings. The third-order valence-corrected chi connectivity index (χ3v) is 5.65. The molecular weight excluding hydrogens is 296 g/mol. The van der Waals surface area contributed by atoms with Crippen LogP contribution in [0.25, 0.3) is 10.4 Å². The first-order valence-electron chi connectivity index (χ1n) is 6.98. The van der Waals surface area contributed by atoms with Crippen LogP contribution >= 0.6 is 11.8 Å². The minimum atomic E-state index is -0.491. The van der Waals surface area contributed by atoms with E-state index in [1.54, 1.807) is 17.8 Å². The summed E-state index contributed by atoms with van der Waals surface area (Å²) in [5, 5.41) is 3.69. The van der Waals surface area contributed by atoms with Crippen molar-refractivity contribution >= 4 is 23.4 Å². The molecule has 0 spiro atoms. The van der Waals surface area contributed by atoms with Crippen molar-refractivity contribution in [1.82, 2.24) is 4.90 Å². The monoisotopic (exact) mass is 308 g/mol. The predicted octanol–water partition coefficient (Wildman–Crippen LogP) is 4.03. The van der Waals surface area contributed by atoms with Crippen LogP contribution in [0.1, 0.15) is 21.5 Å². The number of hydrogen-bond donors (Lipinski definition) is 0. The lowest BCUT2D eigenvalue weighted by atomic mass is 9.96. The molecule has 0 N–H and O–H groups in total. The molecule has 2 heterocycles. The van der Waals surface area contributed by atoms with Crippen LogP contribution in [-0.4, -0.2) is 23.1 Å². The first kappa shape index (κ1) is 13.2. The van der Waals surface area contributed by atoms with Gasteiger partial charge in [-0.25, -0.2) is 0 Å². The van der Waals surface area contributed by atoms with Crippen LogP contribution in [0.3, 0.4) is 0 Å². The third kappa shape index (κ3) is 1.62. The molecule has 108 valence electrons. The second kappa shape index (κ2) is 4.80. The van der Waals surface area contributed by atoms with Gasteiger partial charge in [0, 0.05) is 34.0 Å². The van der Waals surface area contributed by atoms with Gasteiger partial charge in [0.25, 0.3) is 5.91 Å². The van der Waals surface area contributed by atoms with E-state index in [0.717, 1.165) is 29.0 Å². The van der Waals surface area contributed by atoms with Crippen LogP contribution in [0, 0.1) is 0 Å². The Kier molecular flexibility index (Phi) is 2.89. The van der Waals surface area contributed by atoms with Crippen LogP contribution in [0.2, 0.25) is 0 Å². The Morgan fingerprint density at radius 3 is 2.95 bits per heavy atom. The van der Waals surface area contributed by atoms with Gasteiger partial charge in [-0.2, -0.15) is 0 Å². The van der Waals surface area contributed by atoms with Crippen molar-refractivity contribution in [3.63, 3.8) is 0 Å². The van der Waals surface area contributed by atoms with Crippen molar-refractivity contribution in [2.75, 3.05) is 12.3 Å². The average molecular weight is 308 g/mol. The lowest BCUT2D eigenvalue weighted by Gasteiger charge is -2.32. The Labute approximate surface area is 131 Å². The molecule has 1 amide bonds. The maximum absolute atomic E-state index is 12.7. The molecule has 22 heavy (non-hydrogen) atoms. The van der Waals surface area contributed by atoms with E-state index in [0.29, 0.717) is 5.69 Å². The second-order valence-corrected chi connectivity index (χ2v) is 6.52. The summed E-state index contributed by atoms with van der Waals surface area (Å²) in [6, 6.07) is 15.3. The van der Waals surface area contributed by atoms with E-state index >= 15 is 0 Å². The SMILES string of the molecule is [N-]=[N+]=Nc1cccc(C23SCCN2C(=O)c2ccccc23)c1. The predicted molar refractivity (Wildman–Crippen MR) is 86.0 cm³/mol. The van der Waals surface area contributed by atoms with Gasteiger partial charge < -0.3 is 4.90 Å². The van der Waals surface area contributed by atoms with Gasteiger partial charge in [-0.3, -0.25) is 4.79 Å². The van der Waals surface area contributed by atoms with Crippen molar-refractivity contribution in [1.29, 1.82) is 0 Å². The average Bonchev–Trinajstić information content (AvgIpc) is 3.09. The number of rotatable bonds is 2. The van der Waals surface area contributed by atoms with E-state index in [9.17, 15) is 4.79 Å². The molecule has 0 aliphatic carbocycles. The van der Waals surface area contributed by atoms with Gasteiger partial charge in [-0.05, 0) is 23.2 Å². The maximum Gasteiger partial charge on any atom is 0.255 e. The first-order chi connectivity index (χ1) is 10.8. The number of azide groups is 1. The summed E-state index contributed by atoms with van der Waals surface area (Å²) in [6.45, 7) is 0.726. The molecule has 2 aromatic carbocycles. The van der Waals surface area contributed by atoms with Crippen LogP contribution in [0.4, 0.5) is 5.69 Å². The Hall–Kier alpha value is -2.43. The molecule has 5 nitrogen and oxygen atoms in total. The molecule has 2 aliphatic heterocycles. The van der Waals surface area contributed by atoms with E-state index in [1.807, 2.05) is 47.4 Å². The Bertz CT molecular complexity index is 830. The van der Waals surface area contributed by atoms with Gasteiger partial charge in [0.05, 0.1) is 0 Å². The Morgan fingerprint density at radius 2 is 2.09 bits per heavy atom. The molecule has 1 atom stereocenters. The number of benzene rings is 2. The van der Waals surface area contributed by atoms with Crippen molar-refractivity contribution in [3.05, 3.63) is 75.7 Å². The summed E-state index contributed by atoms with van der Waals surface area (Å²) in [5.74, 6) is 0.973. The Morgan fingerprint density at radius 1 is 1.23 bits per heavy atom. The zero-order valence-electron chi connectivity index (χ0n) is 11.6. The van der Waals surface area contributed by atoms with Crippen molar-refractivity contribution in [2.24, 2.45) is 5.11 Å². The minimum absolute atomic E-state index is 0.0785. The summed E-state index contributed by atoms with van der Waals surface area (Å²) in [6.07, 6.45) is 0. The lowest BCUT2D eigenvalue weighted by molar-refractivity contribution is 0.0752. The number of fused-ring (bicyclic) bond motifs is 3. The highest BCUT2D eigenvalue weighted by molar-refractivity contribution is 8.00. The molecule has 1 unspecified atom stereocenters. The largest absolute Gasteiger partial charge is 0.315 e. The van der Waals surface area contributed by atoms with E-state index in [2.05, 4.69) is 10.0 Å². The molecule has 0 bridgehead atoms. The summed E-state index contributed by atoms with van der Waals surface area (Å²) in [5.41, 5.74) is 12.0. The molecule has 6 heteroatoms. The summed E-state index contributed by atoms with van der Waals surface area (Å²) >= 11 is 1.76. The summed E-state index contributed by atoms with van der Waals surface area (Å²) in [7, 11) is 0. The fourth-order valence-corrected chi connectivity index (χ4v) is 4.85. The fourth-order valence-electron chi connectivity index (χ4n) is 3.32. The van der Waals surface area contributed by atoms with Crippen LogP contribution < -0.4 is 0 Å². The smallest absolute Gasteiger partial charge is 0.255 e. The zero-order chi connectivity index (χ0) is 15.2. The highest BCUT2D eigenvalue weighted by Crippen LogP contribution is 2.55. The van der Waals surface area contributed by atoms with Crippen molar-refractivity contribution < 1.29 is 4.79 Å². The quantitative estimate of drug-likeness (QED) is 0.477. The van der Waals surface area contributed by atoms with E-state index < -0.39 is 4.87 Å². The number of amides is 1. The van der Waals surface area contributed by atoms with Crippen LogP contribution in [-0.2, 0) is 4.87 Å². The Balaban J connectivity index is 1.97. The number of nitrogens with zero attached hydrogens (tertiary/aromatic N) is 4. The minimum Gasteiger partial charge on any atom is -0.315 e. The second-order valence-electron chi connectivity index (χ2n) is 5.23. The van der Waals surface area contributed by atoms with Crippen LogP contribution in [0.5, 0.6) is 0 Å². The normalized spacial score (nSPS) is 22.2. The molecule has 2 aromatic rings.